The molecule has 0 aliphatic carbocycles. The normalized spacial score (nSPS) is 16.2. The highest BCUT2D eigenvalue weighted by Gasteiger charge is 2.15. The third-order valence-corrected chi connectivity index (χ3v) is 3.69. The Hall–Kier alpha value is -1.77. The van der Waals surface area contributed by atoms with Crippen LogP contribution in [0.25, 0.3) is 10.8 Å². The number of benzene rings is 1. The quantitative estimate of drug-likeness (QED) is 0.780. The van der Waals surface area contributed by atoms with E-state index in [1.165, 1.54) is 30.2 Å². The van der Waals surface area contributed by atoms with E-state index in [1.54, 1.807) is 0 Å². The highest BCUT2D eigenvalue weighted by atomic mass is 15.2. The molecule has 0 saturated carbocycles. The molecule has 94 valence electrons. The number of hydrogen-bond donors (Lipinski definition) is 1. The Labute approximate surface area is 108 Å². The predicted molar refractivity (Wildman–Crippen MR) is 77.0 cm³/mol. The number of nitrogen functional groups attached to an aromatic ring is 1. The summed E-state index contributed by atoms with van der Waals surface area (Å²) >= 11 is 0. The van der Waals surface area contributed by atoms with Crippen LogP contribution < -0.4 is 10.6 Å². The van der Waals surface area contributed by atoms with E-state index < -0.39 is 0 Å². The summed E-state index contributed by atoms with van der Waals surface area (Å²) in [6.45, 7) is 4.31. The zero-order valence-corrected chi connectivity index (χ0v) is 10.8. The van der Waals surface area contributed by atoms with Gasteiger partial charge in [0.15, 0.2) is 0 Å². The SMILES string of the molecule is Cc1cc(N)c2ccnc(N3CCCCC3)c2c1. The molecule has 3 heteroatoms. The second kappa shape index (κ2) is 4.48. The van der Waals surface area contributed by atoms with Crippen LogP contribution in [-0.4, -0.2) is 18.1 Å². The molecule has 0 radical (unpaired) electrons. The predicted octanol–water partition coefficient (Wildman–Crippen LogP) is 3.12. The molecule has 2 N–H and O–H groups in total. The molecule has 0 atom stereocenters. The first kappa shape index (κ1) is 11.3. The summed E-state index contributed by atoms with van der Waals surface area (Å²) in [4.78, 5) is 6.98. The van der Waals surface area contributed by atoms with Crippen molar-refractivity contribution in [3.8, 4) is 0 Å². The van der Waals surface area contributed by atoms with E-state index in [0.29, 0.717) is 0 Å². The molecule has 0 bridgehead atoms. The highest BCUT2D eigenvalue weighted by Crippen LogP contribution is 2.30. The van der Waals surface area contributed by atoms with Gasteiger partial charge in [0.25, 0.3) is 0 Å². The van der Waals surface area contributed by atoms with Crippen LogP contribution in [-0.2, 0) is 0 Å². The standard InChI is InChI=1S/C15H19N3/c1-11-9-13-12(14(16)10-11)5-6-17-15(13)18-7-3-2-4-8-18/h5-6,9-10H,2-4,7-8,16H2,1H3. The van der Waals surface area contributed by atoms with Gasteiger partial charge in [-0.25, -0.2) is 4.98 Å². The maximum Gasteiger partial charge on any atom is 0.136 e. The van der Waals surface area contributed by atoms with Gasteiger partial charge in [0.1, 0.15) is 5.82 Å². The number of aromatic nitrogens is 1. The minimum Gasteiger partial charge on any atom is -0.398 e. The van der Waals surface area contributed by atoms with Gasteiger partial charge in [0.2, 0.25) is 0 Å². The van der Waals surface area contributed by atoms with Crippen LogP contribution in [0.2, 0.25) is 0 Å². The Kier molecular flexibility index (Phi) is 2.82. The Morgan fingerprint density at radius 2 is 1.89 bits per heavy atom. The van der Waals surface area contributed by atoms with Crippen molar-refractivity contribution in [1.29, 1.82) is 0 Å². The lowest BCUT2D eigenvalue weighted by Crippen LogP contribution is -2.30. The molecule has 2 heterocycles. The van der Waals surface area contributed by atoms with Gasteiger partial charge in [-0.3, -0.25) is 0 Å². The third-order valence-electron chi connectivity index (χ3n) is 3.69. The van der Waals surface area contributed by atoms with Crippen molar-refractivity contribution in [3.05, 3.63) is 30.0 Å². The van der Waals surface area contributed by atoms with Crippen molar-refractivity contribution in [2.45, 2.75) is 26.2 Å². The van der Waals surface area contributed by atoms with E-state index in [4.69, 9.17) is 5.73 Å². The van der Waals surface area contributed by atoms with Crippen LogP contribution in [0.15, 0.2) is 24.4 Å². The van der Waals surface area contributed by atoms with Crippen molar-refractivity contribution in [3.63, 3.8) is 0 Å². The van der Waals surface area contributed by atoms with Gasteiger partial charge < -0.3 is 10.6 Å². The molecule has 1 aliphatic heterocycles. The average Bonchev–Trinajstić information content (AvgIpc) is 2.39. The zero-order valence-electron chi connectivity index (χ0n) is 10.8. The second-order valence-corrected chi connectivity index (χ2v) is 5.13. The Morgan fingerprint density at radius 3 is 2.67 bits per heavy atom. The molecular weight excluding hydrogens is 222 g/mol. The van der Waals surface area contributed by atoms with E-state index in [9.17, 15) is 0 Å². The van der Waals surface area contributed by atoms with Crippen molar-refractivity contribution >= 4 is 22.3 Å². The number of nitrogens with two attached hydrogens (primary N) is 1. The molecule has 1 fully saturated rings. The van der Waals surface area contributed by atoms with Gasteiger partial charge in [-0.2, -0.15) is 0 Å². The molecule has 2 aromatic rings. The minimum atomic E-state index is 0.852. The molecule has 1 aromatic carbocycles. The monoisotopic (exact) mass is 241 g/mol. The van der Waals surface area contributed by atoms with E-state index in [0.717, 1.165) is 30.0 Å². The maximum atomic E-state index is 6.11. The summed E-state index contributed by atoms with van der Waals surface area (Å²) in [7, 11) is 0. The molecule has 0 spiro atoms. The van der Waals surface area contributed by atoms with Gasteiger partial charge in [-0.15, -0.1) is 0 Å². The van der Waals surface area contributed by atoms with Gasteiger partial charge in [0.05, 0.1) is 0 Å². The fraction of sp³-hybridized carbons (Fsp3) is 0.400. The summed E-state index contributed by atoms with van der Waals surface area (Å²) < 4.78 is 0. The topological polar surface area (TPSA) is 42.1 Å². The van der Waals surface area contributed by atoms with E-state index in [1.807, 2.05) is 18.3 Å². The lowest BCUT2D eigenvalue weighted by Gasteiger charge is -2.28. The maximum absolute atomic E-state index is 6.11. The van der Waals surface area contributed by atoms with Crippen LogP contribution in [0.5, 0.6) is 0 Å². The summed E-state index contributed by atoms with van der Waals surface area (Å²) in [6.07, 6.45) is 5.74. The number of pyridine rings is 1. The average molecular weight is 241 g/mol. The van der Waals surface area contributed by atoms with Crippen LogP contribution in [0.3, 0.4) is 0 Å². The molecule has 3 nitrogen and oxygen atoms in total. The largest absolute Gasteiger partial charge is 0.398 e. The number of hydrogen-bond acceptors (Lipinski definition) is 3. The summed E-state index contributed by atoms with van der Waals surface area (Å²) in [5, 5.41) is 2.31. The number of aryl methyl sites for hydroxylation is 1. The molecule has 1 aromatic heterocycles. The molecule has 3 rings (SSSR count). The smallest absolute Gasteiger partial charge is 0.136 e. The lowest BCUT2D eigenvalue weighted by molar-refractivity contribution is 0.575. The van der Waals surface area contributed by atoms with Crippen LogP contribution in [0.4, 0.5) is 11.5 Å². The number of rotatable bonds is 1. The van der Waals surface area contributed by atoms with E-state index in [-0.39, 0.29) is 0 Å². The first-order valence-corrected chi connectivity index (χ1v) is 6.65. The fourth-order valence-corrected chi connectivity index (χ4v) is 2.81. The molecule has 1 aliphatic rings. The second-order valence-electron chi connectivity index (χ2n) is 5.13. The molecule has 18 heavy (non-hydrogen) atoms. The Morgan fingerprint density at radius 1 is 1.11 bits per heavy atom. The number of nitrogens with zero attached hydrogens (tertiary/aromatic N) is 2. The number of piperidine rings is 1. The lowest BCUT2D eigenvalue weighted by atomic mass is 10.1. The van der Waals surface area contributed by atoms with Crippen LogP contribution in [0.1, 0.15) is 24.8 Å². The van der Waals surface area contributed by atoms with Gasteiger partial charge in [-0.1, -0.05) is 0 Å². The van der Waals surface area contributed by atoms with Crippen LogP contribution >= 0.6 is 0 Å². The zero-order chi connectivity index (χ0) is 12.5. The van der Waals surface area contributed by atoms with Gasteiger partial charge in [-0.05, 0) is 49.9 Å². The van der Waals surface area contributed by atoms with E-state index >= 15 is 0 Å². The third kappa shape index (κ3) is 1.90. The fourth-order valence-electron chi connectivity index (χ4n) is 2.81. The number of anilines is 2. The Bertz CT molecular complexity index is 571. The highest BCUT2D eigenvalue weighted by molar-refractivity contribution is 6.00. The first-order valence-electron chi connectivity index (χ1n) is 6.65. The van der Waals surface area contributed by atoms with Crippen LogP contribution in [0, 0.1) is 6.92 Å². The van der Waals surface area contributed by atoms with Crippen molar-refractivity contribution in [1.82, 2.24) is 4.98 Å². The number of fused-ring (bicyclic) bond motifs is 1. The minimum absolute atomic E-state index is 0.852. The first-order chi connectivity index (χ1) is 8.75. The molecule has 0 amide bonds. The Balaban J connectivity index is 2.16. The summed E-state index contributed by atoms with van der Waals surface area (Å²) in [5.41, 5.74) is 8.16. The van der Waals surface area contributed by atoms with E-state index in [2.05, 4.69) is 22.9 Å². The summed E-state index contributed by atoms with van der Waals surface area (Å²) in [6, 6.07) is 6.24. The van der Waals surface area contributed by atoms with Crippen molar-refractivity contribution in [2.75, 3.05) is 23.7 Å². The van der Waals surface area contributed by atoms with Crippen molar-refractivity contribution in [2.24, 2.45) is 0 Å². The molecule has 1 saturated heterocycles. The van der Waals surface area contributed by atoms with Crippen molar-refractivity contribution < 1.29 is 0 Å². The van der Waals surface area contributed by atoms with Gasteiger partial charge in [0, 0.05) is 35.7 Å². The molecule has 0 unspecified atom stereocenters. The summed E-state index contributed by atoms with van der Waals surface area (Å²) in [5.74, 6) is 1.10. The van der Waals surface area contributed by atoms with Gasteiger partial charge >= 0.3 is 0 Å². The molecular formula is C15H19N3.